The SMILES string of the molecule is CCCCC(CC)COCCCN(CCN(CC(O)COCCC[Si](OC)(OC)OC)CC(O)COCC(CC)CCCC)CC(O)COCC(CC)CCCC.CO[Si](CCCOCC(O)CN(CCN(CC(O)COCCC[Si](OC)(OC)OC)CC(O)COCCC[Si](OC)(OC)OC)CC(O)COCCC[Si](OC)(OC)OC)(OC)OC. The van der Waals surface area contributed by atoms with Gasteiger partial charge in [0.1, 0.15) is 0 Å². The molecule has 0 rings (SSSR count). The highest BCUT2D eigenvalue weighted by Gasteiger charge is 2.41. The molecule has 121 heavy (non-hydrogen) atoms. The molecule has 0 aromatic carbocycles. The van der Waals surface area contributed by atoms with Gasteiger partial charge in [0.15, 0.2) is 0 Å². The van der Waals surface area contributed by atoms with Gasteiger partial charge in [0.05, 0.1) is 89.0 Å². The lowest BCUT2D eigenvalue weighted by atomic mass is 10.0. The zero-order chi connectivity index (χ0) is 90.9. The van der Waals surface area contributed by atoms with Gasteiger partial charge < -0.3 is 140 Å². The van der Waals surface area contributed by atoms with Crippen LogP contribution in [-0.4, -0.2) is 433 Å². The molecule has 0 aromatic rings. The van der Waals surface area contributed by atoms with E-state index in [1.807, 2.05) is 9.80 Å². The van der Waals surface area contributed by atoms with Crippen molar-refractivity contribution in [2.24, 2.45) is 17.8 Å². The van der Waals surface area contributed by atoms with Crippen LogP contribution in [0.4, 0.5) is 0 Å². The van der Waals surface area contributed by atoms with Crippen LogP contribution in [0.5, 0.6) is 0 Å². The Balaban J connectivity index is 0. The minimum absolute atomic E-state index is 0.0516. The Bertz CT molecular complexity index is 2020. The molecule has 0 aliphatic rings. The first-order chi connectivity index (χ1) is 58.3. The molecule has 730 valence electrons. The van der Waals surface area contributed by atoms with Crippen molar-refractivity contribution in [2.75, 3.05) is 291 Å². The van der Waals surface area contributed by atoms with Gasteiger partial charge in [-0.2, -0.15) is 0 Å². The van der Waals surface area contributed by atoms with Gasteiger partial charge in [0.25, 0.3) is 0 Å². The largest absolute Gasteiger partial charge is 0.500 e. The van der Waals surface area contributed by atoms with E-state index in [-0.39, 0.29) is 65.8 Å². The van der Waals surface area contributed by atoms with Crippen LogP contribution < -0.4 is 0 Å². The Kier molecular flexibility index (Phi) is 80.6. The van der Waals surface area contributed by atoms with Crippen LogP contribution in [0, 0.1) is 17.8 Å². The summed E-state index contributed by atoms with van der Waals surface area (Å²) in [5.41, 5.74) is 0. The molecule has 0 aromatic heterocycles. The van der Waals surface area contributed by atoms with Gasteiger partial charge in [-0.05, 0) is 75.5 Å². The quantitative estimate of drug-likeness (QED) is 0.0233. The van der Waals surface area contributed by atoms with Crippen molar-refractivity contribution in [1.82, 2.24) is 19.6 Å². The lowest BCUT2D eigenvalue weighted by Crippen LogP contribution is -2.47. The standard InChI is InChI=1S/C44H94N2O10Si.C38H88N2O20Si4/c1-10-16-21-39(13-4)33-53-27-19-24-45(30-42(47)37-55-34-40(14-5)22-17-11-2)25-26-46(32-44(49)38-56-35-41(15-6)23-18-12-3)31-43(48)36-54-28-20-29-57(50-7,51-8)52-9;1-45-61(46-2,47-3)23-13-19-57-31-35(41)27-39(28-36(42)32-58-20-14-24-62(48-4,49-5)50-6)17-18-40(29-37(43)33-59-21-15-25-63(51-7,52-8)53-9)30-38(44)34-60-22-16-26-64(54-10,55-11)56-12/h39-44,47-49H,10-38H2,1-9H3;35-38,41-44H,13-34H2,1-12H3. The van der Waals surface area contributed by atoms with Crippen LogP contribution in [0.25, 0.3) is 0 Å². The predicted molar refractivity (Wildman–Crippen MR) is 480 cm³/mol. The normalized spacial score (nSPS) is 15.4. The van der Waals surface area contributed by atoms with Crippen molar-refractivity contribution in [1.29, 1.82) is 0 Å². The lowest BCUT2D eigenvalue weighted by Gasteiger charge is -2.32. The molecule has 7 N–H and O–H groups in total. The van der Waals surface area contributed by atoms with Gasteiger partial charge in [-0.25, -0.2) is 0 Å². The highest BCUT2D eigenvalue weighted by molar-refractivity contribution is 6.62. The van der Waals surface area contributed by atoms with Crippen molar-refractivity contribution >= 4 is 44.0 Å². The smallest absolute Gasteiger partial charge is 0.389 e. The van der Waals surface area contributed by atoms with E-state index < -0.39 is 86.7 Å². The molecule has 0 amide bonds. The van der Waals surface area contributed by atoms with Gasteiger partial charge in [0, 0.05) is 275 Å². The maximum absolute atomic E-state index is 11.1. The summed E-state index contributed by atoms with van der Waals surface area (Å²) in [5.74, 6) is 1.62. The first kappa shape index (κ1) is 123. The number of nitrogens with zero attached hydrogens (tertiary/aromatic N) is 4. The molecule has 0 fully saturated rings. The second kappa shape index (κ2) is 79.5. The molecule has 0 aliphatic heterocycles. The fourth-order valence-corrected chi connectivity index (χ4v) is 22.4. The summed E-state index contributed by atoms with van der Waals surface area (Å²) >= 11 is 0. The number of rotatable bonds is 91. The number of ether oxygens (including phenoxy) is 8. The monoisotopic (exact) mass is 1840 g/mol. The minimum atomic E-state index is -2.75. The summed E-state index contributed by atoms with van der Waals surface area (Å²) in [7, 11) is 9.81. The predicted octanol–water partition coefficient (Wildman–Crippen LogP) is 7.22. The Morgan fingerprint density at radius 3 is 0.579 bits per heavy atom. The Morgan fingerprint density at radius 2 is 0.380 bits per heavy atom. The molecule has 34 nitrogen and oxygen atoms in total. The molecule has 10 unspecified atom stereocenters. The number of hydrogen-bond acceptors (Lipinski definition) is 34. The summed E-state index contributed by atoms with van der Waals surface area (Å²) in [6.07, 6.45) is 12.3. The number of aliphatic hydroxyl groups is 7. The molecular formula is C82H182N4O30Si5. The van der Waals surface area contributed by atoms with Crippen LogP contribution >= 0.6 is 0 Å². The molecule has 0 saturated carbocycles. The van der Waals surface area contributed by atoms with Crippen molar-refractivity contribution in [3.8, 4) is 0 Å². The summed E-state index contributed by atoms with van der Waals surface area (Å²) in [4.78, 5) is 8.19. The molecule has 0 saturated heterocycles. The molecule has 0 aliphatic carbocycles. The van der Waals surface area contributed by atoms with E-state index in [0.29, 0.717) is 185 Å². The van der Waals surface area contributed by atoms with E-state index in [1.54, 1.807) is 107 Å². The third-order valence-corrected chi connectivity index (χ3v) is 36.1. The third-order valence-electron chi connectivity index (χ3n) is 21.9. The van der Waals surface area contributed by atoms with E-state index in [4.69, 9.17) is 104 Å². The van der Waals surface area contributed by atoms with Crippen LogP contribution in [0.15, 0.2) is 0 Å². The maximum atomic E-state index is 11.1. The molecule has 0 bridgehead atoms. The van der Waals surface area contributed by atoms with Crippen LogP contribution in [0.3, 0.4) is 0 Å². The number of aliphatic hydroxyl groups excluding tert-OH is 7. The fourth-order valence-electron chi connectivity index (χ4n) is 14.0. The van der Waals surface area contributed by atoms with E-state index in [2.05, 4.69) is 51.3 Å². The highest BCUT2D eigenvalue weighted by Crippen LogP contribution is 2.22. The van der Waals surface area contributed by atoms with Crippen LogP contribution in [0.1, 0.15) is 157 Å². The average Bonchev–Trinajstić information content (AvgIpc) is 0.922. The number of unbranched alkanes of at least 4 members (excludes halogenated alkanes) is 3. The zero-order valence-electron chi connectivity index (χ0n) is 79.6. The minimum Gasteiger partial charge on any atom is -0.389 e. The Hall–Kier alpha value is -0.276. The first-order valence-corrected chi connectivity index (χ1v) is 54.5. The first-order valence-electron chi connectivity index (χ1n) is 44.8. The second-order valence-electron chi connectivity index (χ2n) is 31.3. The average molecular weight is 1840 g/mol. The maximum Gasteiger partial charge on any atom is 0.500 e. The molecule has 0 spiro atoms. The molecule has 0 radical (unpaired) electrons. The van der Waals surface area contributed by atoms with E-state index >= 15 is 0 Å². The van der Waals surface area contributed by atoms with E-state index in [1.165, 1.54) is 44.9 Å². The van der Waals surface area contributed by atoms with Gasteiger partial charge in [0.2, 0.25) is 0 Å². The molecule has 10 atom stereocenters. The molecule has 0 heterocycles. The molecule has 39 heteroatoms. The van der Waals surface area contributed by atoms with Gasteiger partial charge in [-0.1, -0.05) is 99.3 Å². The van der Waals surface area contributed by atoms with E-state index in [0.717, 1.165) is 51.7 Å². The van der Waals surface area contributed by atoms with Gasteiger partial charge in [-0.3, -0.25) is 19.6 Å². The van der Waals surface area contributed by atoms with Crippen molar-refractivity contribution in [2.45, 2.75) is 230 Å². The zero-order valence-corrected chi connectivity index (χ0v) is 84.6. The fraction of sp³-hybridized carbons (Fsp3) is 1.00. The topological polar surface area (TPSA) is 367 Å². The van der Waals surface area contributed by atoms with Gasteiger partial charge in [-0.15, -0.1) is 0 Å². The Labute approximate surface area is 738 Å². The summed E-state index contributed by atoms with van der Waals surface area (Å²) in [5, 5.41) is 77.8. The summed E-state index contributed by atoms with van der Waals surface area (Å²) in [6.45, 7) is 23.5. The third kappa shape index (κ3) is 60.4. The van der Waals surface area contributed by atoms with Crippen LogP contribution in [0.2, 0.25) is 30.2 Å². The summed E-state index contributed by atoms with van der Waals surface area (Å²) in [6, 6.07) is 2.83. The Morgan fingerprint density at radius 1 is 0.207 bits per heavy atom. The highest BCUT2D eigenvalue weighted by atomic mass is 28.4. The van der Waals surface area contributed by atoms with Crippen LogP contribution in [-0.2, 0) is 104 Å². The summed E-state index contributed by atoms with van der Waals surface area (Å²) < 4.78 is 130. The van der Waals surface area contributed by atoms with Crippen molar-refractivity contribution < 1.29 is 140 Å². The second-order valence-corrected chi connectivity index (χ2v) is 46.7. The van der Waals surface area contributed by atoms with Crippen molar-refractivity contribution in [3.05, 3.63) is 0 Å². The van der Waals surface area contributed by atoms with Crippen molar-refractivity contribution in [3.63, 3.8) is 0 Å². The lowest BCUT2D eigenvalue weighted by molar-refractivity contribution is -0.0242. The molecular weight excluding hydrogens is 1660 g/mol. The van der Waals surface area contributed by atoms with Gasteiger partial charge >= 0.3 is 44.0 Å². The number of hydrogen-bond donors (Lipinski definition) is 7. The van der Waals surface area contributed by atoms with E-state index in [9.17, 15) is 35.7 Å².